The van der Waals surface area contributed by atoms with Crippen molar-refractivity contribution in [2.75, 3.05) is 0 Å². The number of esters is 2. The van der Waals surface area contributed by atoms with E-state index < -0.39 is 0 Å². The van der Waals surface area contributed by atoms with Crippen LogP contribution in [0.3, 0.4) is 0 Å². The Bertz CT molecular complexity index is 770. The molecule has 2 unspecified atom stereocenters. The van der Waals surface area contributed by atoms with Crippen molar-refractivity contribution in [3.05, 3.63) is 11.6 Å². The van der Waals surface area contributed by atoms with Gasteiger partial charge < -0.3 is 9.47 Å². The Hall–Kier alpha value is -1.65. The van der Waals surface area contributed by atoms with Gasteiger partial charge in [-0.25, -0.2) is 0 Å². The van der Waals surface area contributed by atoms with Gasteiger partial charge in [0.2, 0.25) is 0 Å². The van der Waals surface area contributed by atoms with Crippen molar-refractivity contribution < 1.29 is 23.9 Å². The molecule has 0 aromatic rings. The van der Waals surface area contributed by atoms with Crippen molar-refractivity contribution in [2.45, 2.75) is 97.7 Å². The average Bonchev–Trinajstić information content (AvgIpc) is 3.05. The molecule has 0 aromatic carbocycles. The average molecular weight is 417 g/mol. The molecule has 3 fully saturated rings. The lowest BCUT2D eigenvalue weighted by Crippen LogP contribution is -2.57. The predicted octanol–water partition coefficient (Wildman–Crippen LogP) is 4.77. The fourth-order valence-electron chi connectivity index (χ4n) is 7.26. The molecule has 4 aliphatic carbocycles. The van der Waals surface area contributed by atoms with Crippen LogP contribution in [0.1, 0.15) is 85.5 Å². The maximum atomic E-state index is 12.3. The van der Waals surface area contributed by atoms with Crippen LogP contribution in [0.5, 0.6) is 0 Å². The molecule has 0 radical (unpaired) electrons. The molecule has 0 amide bonds. The van der Waals surface area contributed by atoms with E-state index in [-0.39, 0.29) is 46.7 Å². The van der Waals surface area contributed by atoms with Crippen molar-refractivity contribution in [2.24, 2.45) is 28.6 Å². The summed E-state index contributed by atoms with van der Waals surface area (Å²) in [6.07, 6.45) is 8.51. The van der Waals surface area contributed by atoms with E-state index in [1.807, 2.05) is 19.9 Å². The first-order valence-corrected chi connectivity index (χ1v) is 11.9. The molecule has 0 spiro atoms. The topological polar surface area (TPSA) is 69.7 Å². The zero-order valence-corrected chi connectivity index (χ0v) is 18.9. The van der Waals surface area contributed by atoms with Gasteiger partial charge >= 0.3 is 11.9 Å². The first-order chi connectivity index (χ1) is 14.2. The smallest absolute Gasteiger partial charge is 0.305 e. The summed E-state index contributed by atoms with van der Waals surface area (Å²) < 4.78 is 11.9. The Morgan fingerprint density at radius 2 is 1.70 bits per heavy atom. The number of rotatable bonds is 4. The maximum absolute atomic E-state index is 12.3. The summed E-state index contributed by atoms with van der Waals surface area (Å²) in [5, 5.41) is 0. The van der Waals surface area contributed by atoms with E-state index in [2.05, 4.69) is 13.8 Å². The lowest BCUT2D eigenvalue weighted by molar-refractivity contribution is -0.175. The molecule has 7 atom stereocenters. The van der Waals surface area contributed by atoms with Crippen molar-refractivity contribution >= 4 is 17.7 Å². The highest BCUT2D eigenvalue weighted by atomic mass is 16.5. The predicted molar refractivity (Wildman–Crippen MR) is 112 cm³/mol. The number of ether oxygens (including phenoxy) is 2. The van der Waals surface area contributed by atoms with E-state index in [1.165, 1.54) is 5.57 Å². The number of fused-ring (bicyclic) bond motifs is 5. The van der Waals surface area contributed by atoms with Gasteiger partial charge in [-0.15, -0.1) is 0 Å². The van der Waals surface area contributed by atoms with Crippen molar-refractivity contribution in [1.29, 1.82) is 0 Å². The maximum Gasteiger partial charge on any atom is 0.305 e. The van der Waals surface area contributed by atoms with Crippen LogP contribution in [0, 0.1) is 28.6 Å². The Kier molecular flexibility index (Phi) is 5.61. The third-order valence-electron chi connectivity index (χ3n) is 9.01. The second-order valence-corrected chi connectivity index (χ2v) is 10.4. The molecule has 166 valence electrons. The van der Waals surface area contributed by atoms with Crippen LogP contribution in [0.25, 0.3) is 0 Å². The van der Waals surface area contributed by atoms with Crippen LogP contribution in [-0.4, -0.2) is 29.9 Å². The normalized spacial score (nSPS) is 42.5. The first-order valence-electron chi connectivity index (χ1n) is 11.9. The van der Waals surface area contributed by atoms with Gasteiger partial charge in [-0.05, 0) is 55.4 Å². The largest absolute Gasteiger partial charge is 0.462 e. The van der Waals surface area contributed by atoms with Gasteiger partial charge in [0.25, 0.3) is 0 Å². The fourth-order valence-corrected chi connectivity index (χ4v) is 7.26. The quantitative estimate of drug-likeness (QED) is 0.617. The zero-order chi connectivity index (χ0) is 21.7. The molecule has 5 nitrogen and oxygen atoms in total. The summed E-state index contributed by atoms with van der Waals surface area (Å²) in [6, 6.07) is 0. The monoisotopic (exact) mass is 416 g/mol. The van der Waals surface area contributed by atoms with Gasteiger partial charge in [0, 0.05) is 37.0 Å². The van der Waals surface area contributed by atoms with Crippen LogP contribution in [-0.2, 0) is 23.9 Å². The molecule has 5 heteroatoms. The van der Waals surface area contributed by atoms with E-state index in [4.69, 9.17) is 9.47 Å². The minimum atomic E-state index is -0.182. The molecule has 0 aromatic heterocycles. The van der Waals surface area contributed by atoms with Gasteiger partial charge in [0.1, 0.15) is 12.2 Å². The Labute approximate surface area is 179 Å². The van der Waals surface area contributed by atoms with Gasteiger partial charge in [0.05, 0.1) is 0 Å². The number of hydrogen-bond donors (Lipinski definition) is 0. The van der Waals surface area contributed by atoms with Crippen LogP contribution >= 0.6 is 0 Å². The molecule has 3 saturated carbocycles. The van der Waals surface area contributed by atoms with Crippen molar-refractivity contribution in [3.63, 3.8) is 0 Å². The highest BCUT2D eigenvalue weighted by Gasteiger charge is 2.63. The molecule has 0 heterocycles. The van der Waals surface area contributed by atoms with Gasteiger partial charge in [-0.3, -0.25) is 14.4 Å². The van der Waals surface area contributed by atoms with E-state index in [9.17, 15) is 14.4 Å². The number of carbonyl (C=O) groups excluding carboxylic acids is 3. The summed E-state index contributed by atoms with van der Waals surface area (Å²) in [5.41, 5.74) is 1.13. The second-order valence-electron chi connectivity index (χ2n) is 10.4. The highest BCUT2D eigenvalue weighted by molar-refractivity contribution is 5.91. The molecular weight excluding hydrogens is 380 g/mol. The molecular formula is C25H36O5. The van der Waals surface area contributed by atoms with E-state index in [0.29, 0.717) is 37.5 Å². The molecule has 0 bridgehead atoms. The summed E-state index contributed by atoms with van der Waals surface area (Å²) in [5.74, 6) is 0.957. The minimum Gasteiger partial charge on any atom is -0.462 e. The lowest BCUT2D eigenvalue weighted by atomic mass is 9.46. The summed E-state index contributed by atoms with van der Waals surface area (Å²) in [4.78, 5) is 36.5. The molecule has 0 saturated heterocycles. The third kappa shape index (κ3) is 3.33. The second kappa shape index (κ2) is 7.80. The van der Waals surface area contributed by atoms with Gasteiger partial charge in [-0.2, -0.15) is 0 Å². The van der Waals surface area contributed by atoms with Crippen LogP contribution in [0.4, 0.5) is 0 Å². The van der Waals surface area contributed by atoms with Crippen molar-refractivity contribution in [1.82, 2.24) is 0 Å². The Balaban J connectivity index is 1.69. The molecule has 0 N–H and O–H groups in total. The summed E-state index contributed by atoms with van der Waals surface area (Å²) in [7, 11) is 0. The van der Waals surface area contributed by atoms with Gasteiger partial charge in [0.15, 0.2) is 5.78 Å². The van der Waals surface area contributed by atoms with E-state index in [1.54, 1.807) is 0 Å². The minimum absolute atomic E-state index is 0.00715. The standard InChI is InChI=1S/C25H36O5/c1-5-21(27)29-19-14-15-13-16(26)9-11-24(15,3)18-10-12-25(4)17(23(18)19)7-8-20(25)30-22(28)6-2/h13,17-20,23H,5-12,14H2,1-4H3/t17-,18-,19?,20?,23-,24-,25-/m0/s1. The number of hydrogen-bond acceptors (Lipinski definition) is 5. The Morgan fingerprint density at radius 3 is 2.40 bits per heavy atom. The highest BCUT2D eigenvalue weighted by Crippen LogP contribution is 2.66. The molecule has 4 rings (SSSR count). The lowest BCUT2D eigenvalue weighted by Gasteiger charge is -2.59. The van der Waals surface area contributed by atoms with Crippen LogP contribution in [0.2, 0.25) is 0 Å². The zero-order valence-electron chi connectivity index (χ0n) is 18.9. The number of carbonyl (C=O) groups is 3. The molecule has 0 aliphatic heterocycles. The summed E-state index contributed by atoms with van der Waals surface area (Å²) >= 11 is 0. The van der Waals surface area contributed by atoms with Crippen LogP contribution < -0.4 is 0 Å². The molecule has 4 aliphatic rings. The fraction of sp³-hybridized carbons (Fsp3) is 0.800. The van der Waals surface area contributed by atoms with Gasteiger partial charge in [-0.1, -0.05) is 33.3 Å². The number of ketones is 1. The van der Waals surface area contributed by atoms with Crippen LogP contribution in [0.15, 0.2) is 11.6 Å². The Morgan fingerprint density at radius 1 is 1.00 bits per heavy atom. The first kappa shape index (κ1) is 21.6. The van der Waals surface area contributed by atoms with E-state index >= 15 is 0 Å². The summed E-state index contributed by atoms with van der Waals surface area (Å²) in [6.45, 7) is 8.28. The SMILES string of the molecule is CCC(=O)OC1CC2=CC(=O)CC[C@]2(C)[C@H]2CC[C@]3(C)C(OC(=O)CC)CC[C@H]3[C@H]12. The molecule has 30 heavy (non-hydrogen) atoms. The van der Waals surface area contributed by atoms with Crippen molar-refractivity contribution in [3.8, 4) is 0 Å². The third-order valence-corrected chi connectivity index (χ3v) is 9.01. The van der Waals surface area contributed by atoms with E-state index in [0.717, 1.165) is 32.1 Å².